The van der Waals surface area contributed by atoms with E-state index in [1.807, 2.05) is 0 Å². The molecule has 1 N–H and O–H groups in total. The lowest BCUT2D eigenvalue weighted by Crippen LogP contribution is -2.38. The Morgan fingerprint density at radius 1 is 1.25 bits per heavy atom. The fraction of sp³-hybridized carbons (Fsp3) is 0.667. The van der Waals surface area contributed by atoms with E-state index in [1.165, 1.54) is 30.4 Å². The van der Waals surface area contributed by atoms with Crippen LogP contribution in [0.1, 0.15) is 58.1 Å². The fourth-order valence-electron chi connectivity index (χ4n) is 2.77. The van der Waals surface area contributed by atoms with Crippen molar-refractivity contribution in [3.8, 4) is 5.75 Å². The predicted octanol–water partition coefficient (Wildman–Crippen LogP) is 4.07. The number of hydrogen-bond donors (Lipinski definition) is 1. The molecule has 1 aliphatic rings. The highest BCUT2D eigenvalue weighted by molar-refractivity contribution is 5.41. The average molecular weight is 275 g/mol. The van der Waals surface area contributed by atoms with Gasteiger partial charge < -0.3 is 10.1 Å². The van der Waals surface area contributed by atoms with E-state index >= 15 is 0 Å². The van der Waals surface area contributed by atoms with Gasteiger partial charge in [0.1, 0.15) is 12.4 Å². The Labute approximate surface area is 123 Å². The lowest BCUT2D eigenvalue weighted by Gasteiger charge is -2.27. The third kappa shape index (κ3) is 3.99. The van der Waals surface area contributed by atoms with Gasteiger partial charge in [0.2, 0.25) is 0 Å². The van der Waals surface area contributed by atoms with Crippen molar-refractivity contribution < 1.29 is 4.74 Å². The molecule has 1 aromatic carbocycles. The van der Waals surface area contributed by atoms with Crippen LogP contribution in [-0.4, -0.2) is 19.2 Å². The summed E-state index contributed by atoms with van der Waals surface area (Å²) in [6.45, 7) is 10.9. The normalized spacial score (nSPS) is 19.9. The second-order valence-corrected chi connectivity index (χ2v) is 6.89. The minimum absolute atomic E-state index is 0.126. The van der Waals surface area contributed by atoms with Crippen molar-refractivity contribution in [2.24, 2.45) is 0 Å². The van der Waals surface area contributed by atoms with E-state index in [2.05, 4.69) is 51.2 Å². The monoisotopic (exact) mass is 275 g/mol. The van der Waals surface area contributed by atoms with Gasteiger partial charge in [0.25, 0.3) is 0 Å². The molecule has 1 aromatic rings. The highest BCUT2D eigenvalue weighted by Gasteiger charge is 2.20. The van der Waals surface area contributed by atoms with Gasteiger partial charge in [-0.3, -0.25) is 0 Å². The van der Waals surface area contributed by atoms with Crippen molar-refractivity contribution in [2.75, 3.05) is 13.2 Å². The summed E-state index contributed by atoms with van der Waals surface area (Å²) < 4.78 is 6.14. The molecule has 2 rings (SSSR count). The van der Waals surface area contributed by atoms with E-state index in [9.17, 15) is 0 Å². The third-order valence-electron chi connectivity index (χ3n) is 4.11. The van der Waals surface area contributed by atoms with Crippen molar-refractivity contribution in [3.63, 3.8) is 0 Å². The first-order valence-electron chi connectivity index (χ1n) is 8.00. The van der Waals surface area contributed by atoms with Crippen LogP contribution in [0.3, 0.4) is 0 Å². The van der Waals surface area contributed by atoms with E-state index in [0.29, 0.717) is 6.04 Å². The molecule has 0 aliphatic carbocycles. The van der Waals surface area contributed by atoms with Gasteiger partial charge in [0.15, 0.2) is 0 Å². The van der Waals surface area contributed by atoms with Crippen LogP contribution in [0.25, 0.3) is 0 Å². The first-order valence-corrected chi connectivity index (χ1v) is 8.00. The SMILES string of the molecule is CCc1ccc(OCC2CCCCN2)c(C(C)(C)C)c1. The van der Waals surface area contributed by atoms with Crippen LogP contribution >= 0.6 is 0 Å². The van der Waals surface area contributed by atoms with E-state index in [1.54, 1.807) is 0 Å². The molecule has 1 atom stereocenters. The molecule has 0 radical (unpaired) electrons. The molecule has 1 heterocycles. The van der Waals surface area contributed by atoms with E-state index < -0.39 is 0 Å². The molecule has 0 amide bonds. The lowest BCUT2D eigenvalue weighted by atomic mass is 9.85. The van der Waals surface area contributed by atoms with Crippen molar-refractivity contribution in [1.82, 2.24) is 5.32 Å². The van der Waals surface area contributed by atoms with Gasteiger partial charge in [0.05, 0.1) is 0 Å². The third-order valence-corrected chi connectivity index (χ3v) is 4.11. The molecule has 0 spiro atoms. The predicted molar refractivity (Wildman–Crippen MR) is 85.7 cm³/mol. The van der Waals surface area contributed by atoms with Gasteiger partial charge in [-0.25, -0.2) is 0 Å². The number of benzene rings is 1. The second kappa shape index (κ2) is 6.62. The van der Waals surface area contributed by atoms with Crippen LogP contribution in [0.4, 0.5) is 0 Å². The Kier molecular flexibility index (Phi) is 5.09. The molecule has 112 valence electrons. The minimum atomic E-state index is 0.126. The Balaban J connectivity index is 2.09. The number of aryl methyl sites for hydroxylation is 1. The summed E-state index contributed by atoms with van der Waals surface area (Å²) in [5, 5.41) is 3.55. The maximum Gasteiger partial charge on any atom is 0.123 e. The van der Waals surface area contributed by atoms with Gasteiger partial charge in [-0.15, -0.1) is 0 Å². The van der Waals surface area contributed by atoms with Gasteiger partial charge in [-0.1, -0.05) is 46.2 Å². The molecule has 1 aliphatic heterocycles. The van der Waals surface area contributed by atoms with Crippen molar-refractivity contribution in [1.29, 1.82) is 0 Å². The molecular formula is C18H29NO. The summed E-state index contributed by atoms with van der Waals surface area (Å²) >= 11 is 0. The summed E-state index contributed by atoms with van der Waals surface area (Å²) in [4.78, 5) is 0. The summed E-state index contributed by atoms with van der Waals surface area (Å²) in [6.07, 6.45) is 4.93. The second-order valence-electron chi connectivity index (χ2n) is 6.89. The van der Waals surface area contributed by atoms with Crippen LogP contribution < -0.4 is 10.1 Å². The Morgan fingerprint density at radius 3 is 2.65 bits per heavy atom. The maximum atomic E-state index is 6.14. The highest BCUT2D eigenvalue weighted by Crippen LogP contribution is 2.32. The summed E-state index contributed by atoms with van der Waals surface area (Å²) in [5.74, 6) is 1.06. The largest absolute Gasteiger partial charge is 0.492 e. The molecule has 0 bridgehead atoms. The molecule has 0 saturated carbocycles. The van der Waals surface area contributed by atoms with Gasteiger partial charge >= 0.3 is 0 Å². The maximum absolute atomic E-state index is 6.14. The molecule has 2 heteroatoms. The van der Waals surface area contributed by atoms with Crippen LogP contribution in [0.2, 0.25) is 0 Å². The molecule has 20 heavy (non-hydrogen) atoms. The zero-order valence-corrected chi connectivity index (χ0v) is 13.5. The van der Waals surface area contributed by atoms with Crippen LogP contribution in [0.5, 0.6) is 5.75 Å². The van der Waals surface area contributed by atoms with Crippen LogP contribution in [0, 0.1) is 0 Å². The van der Waals surface area contributed by atoms with E-state index in [-0.39, 0.29) is 5.41 Å². The highest BCUT2D eigenvalue weighted by atomic mass is 16.5. The topological polar surface area (TPSA) is 21.3 Å². The minimum Gasteiger partial charge on any atom is -0.492 e. The average Bonchev–Trinajstić information content (AvgIpc) is 2.45. The number of hydrogen-bond acceptors (Lipinski definition) is 2. The zero-order valence-electron chi connectivity index (χ0n) is 13.5. The Hall–Kier alpha value is -1.02. The molecule has 1 fully saturated rings. The van der Waals surface area contributed by atoms with Crippen molar-refractivity contribution in [2.45, 2.75) is 64.8 Å². The molecular weight excluding hydrogens is 246 g/mol. The molecule has 1 saturated heterocycles. The van der Waals surface area contributed by atoms with Gasteiger partial charge in [-0.2, -0.15) is 0 Å². The quantitative estimate of drug-likeness (QED) is 0.894. The molecule has 1 unspecified atom stereocenters. The zero-order chi connectivity index (χ0) is 14.6. The summed E-state index contributed by atoms with van der Waals surface area (Å²) in [6, 6.07) is 7.17. The molecule has 0 aromatic heterocycles. The summed E-state index contributed by atoms with van der Waals surface area (Å²) in [5.41, 5.74) is 2.84. The number of rotatable bonds is 4. The molecule has 2 nitrogen and oxygen atoms in total. The van der Waals surface area contributed by atoms with Crippen molar-refractivity contribution >= 4 is 0 Å². The standard InChI is InChI=1S/C18H29NO/c1-5-14-9-10-17(16(12-14)18(2,3)4)20-13-15-8-6-7-11-19-15/h9-10,12,15,19H,5-8,11,13H2,1-4H3. The van der Waals surface area contributed by atoms with E-state index in [4.69, 9.17) is 4.74 Å². The van der Waals surface area contributed by atoms with Crippen LogP contribution in [0.15, 0.2) is 18.2 Å². The lowest BCUT2D eigenvalue weighted by molar-refractivity contribution is 0.235. The number of nitrogens with one attached hydrogen (secondary N) is 1. The summed E-state index contributed by atoms with van der Waals surface area (Å²) in [7, 11) is 0. The van der Waals surface area contributed by atoms with Gasteiger partial charge in [0, 0.05) is 6.04 Å². The van der Waals surface area contributed by atoms with Gasteiger partial charge in [-0.05, 0) is 48.4 Å². The smallest absolute Gasteiger partial charge is 0.123 e. The number of ether oxygens (including phenoxy) is 1. The number of piperidine rings is 1. The van der Waals surface area contributed by atoms with Crippen LogP contribution in [-0.2, 0) is 11.8 Å². The van der Waals surface area contributed by atoms with Crippen molar-refractivity contribution in [3.05, 3.63) is 29.3 Å². The fourth-order valence-corrected chi connectivity index (χ4v) is 2.77. The Morgan fingerprint density at radius 2 is 2.05 bits per heavy atom. The van der Waals surface area contributed by atoms with E-state index in [0.717, 1.165) is 25.3 Å². The first kappa shape index (κ1) is 15.4. The first-order chi connectivity index (χ1) is 9.50. The Bertz CT molecular complexity index is 428.